The highest BCUT2D eigenvalue weighted by atomic mass is 35.5. The Morgan fingerprint density at radius 1 is 1.50 bits per heavy atom. The number of benzene rings is 1. The fraction of sp³-hybridized carbons (Fsp3) is 0.308. The summed E-state index contributed by atoms with van der Waals surface area (Å²) in [7, 11) is 0. The van der Waals surface area contributed by atoms with E-state index < -0.39 is 17.7 Å². The fourth-order valence-electron chi connectivity index (χ4n) is 2.71. The van der Waals surface area contributed by atoms with E-state index in [9.17, 15) is 14.3 Å². The lowest BCUT2D eigenvalue weighted by Crippen LogP contribution is -2.17. The Labute approximate surface area is 108 Å². The van der Waals surface area contributed by atoms with Gasteiger partial charge in [-0.25, -0.2) is 4.39 Å². The van der Waals surface area contributed by atoms with Crippen molar-refractivity contribution in [1.29, 1.82) is 0 Å². The lowest BCUT2D eigenvalue weighted by atomic mass is 9.87. The van der Waals surface area contributed by atoms with Gasteiger partial charge >= 0.3 is 5.97 Å². The summed E-state index contributed by atoms with van der Waals surface area (Å²) in [4.78, 5) is 14.2. The molecule has 1 heterocycles. The Hall–Kier alpha value is -1.55. The first-order chi connectivity index (χ1) is 8.58. The van der Waals surface area contributed by atoms with Gasteiger partial charge in [0, 0.05) is 16.6 Å². The molecule has 1 aliphatic carbocycles. The van der Waals surface area contributed by atoms with Gasteiger partial charge in [-0.15, -0.1) is 0 Å². The Morgan fingerprint density at radius 3 is 3.00 bits per heavy atom. The molecular formula is C13H11ClFNO2. The molecule has 1 atom stereocenters. The van der Waals surface area contributed by atoms with Gasteiger partial charge in [0.2, 0.25) is 0 Å². The van der Waals surface area contributed by atoms with Crippen molar-refractivity contribution < 1.29 is 14.3 Å². The van der Waals surface area contributed by atoms with Gasteiger partial charge in [0.1, 0.15) is 5.82 Å². The van der Waals surface area contributed by atoms with Gasteiger partial charge in [-0.05, 0) is 37.0 Å². The zero-order chi connectivity index (χ0) is 12.9. The lowest BCUT2D eigenvalue weighted by molar-refractivity contribution is -0.139. The zero-order valence-electron chi connectivity index (χ0n) is 9.46. The van der Waals surface area contributed by atoms with E-state index in [0.29, 0.717) is 17.6 Å². The molecule has 0 aliphatic heterocycles. The Balaban J connectivity index is 2.27. The highest BCUT2D eigenvalue weighted by molar-refractivity contribution is 6.31. The molecule has 1 aliphatic rings. The molecule has 0 saturated carbocycles. The SMILES string of the molecule is O=C(O)C1CCCc2c1[nH]c1cc(F)c(Cl)cc21. The van der Waals surface area contributed by atoms with Crippen molar-refractivity contribution in [2.24, 2.45) is 0 Å². The summed E-state index contributed by atoms with van der Waals surface area (Å²) in [5.41, 5.74) is 2.28. The number of carboxylic acid groups (broad SMARTS) is 1. The van der Waals surface area contributed by atoms with Crippen LogP contribution in [0.15, 0.2) is 12.1 Å². The summed E-state index contributed by atoms with van der Waals surface area (Å²) in [6.07, 6.45) is 2.25. The number of fused-ring (bicyclic) bond motifs is 3. The summed E-state index contributed by atoms with van der Waals surface area (Å²) in [6.45, 7) is 0. The molecule has 2 aromatic rings. The zero-order valence-corrected chi connectivity index (χ0v) is 10.2. The summed E-state index contributed by atoms with van der Waals surface area (Å²) in [5, 5.41) is 10.1. The number of hydrogen-bond donors (Lipinski definition) is 2. The molecular weight excluding hydrogens is 257 g/mol. The molecule has 1 aromatic carbocycles. The number of carbonyl (C=O) groups is 1. The van der Waals surface area contributed by atoms with Crippen molar-refractivity contribution in [2.45, 2.75) is 25.2 Å². The standard InChI is InChI=1S/C13H11ClFNO2/c14-9-4-8-6-2-1-3-7(13(17)18)12(6)16-11(8)5-10(9)15/h4-5,7,16H,1-3H2,(H,17,18). The van der Waals surface area contributed by atoms with Crippen LogP contribution in [0.5, 0.6) is 0 Å². The largest absolute Gasteiger partial charge is 0.481 e. The van der Waals surface area contributed by atoms with Crippen LogP contribution in [0.1, 0.15) is 30.0 Å². The van der Waals surface area contributed by atoms with Crippen LogP contribution in [0.25, 0.3) is 10.9 Å². The van der Waals surface area contributed by atoms with Gasteiger partial charge in [-0.1, -0.05) is 11.6 Å². The number of aromatic amines is 1. The van der Waals surface area contributed by atoms with E-state index in [2.05, 4.69) is 4.98 Å². The van der Waals surface area contributed by atoms with E-state index in [1.165, 1.54) is 6.07 Å². The fourth-order valence-corrected chi connectivity index (χ4v) is 2.87. The molecule has 0 amide bonds. The Kier molecular flexibility index (Phi) is 2.55. The number of hydrogen-bond acceptors (Lipinski definition) is 1. The van der Waals surface area contributed by atoms with Crippen LogP contribution >= 0.6 is 11.6 Å². The topological polar surface area (TPSA) is 53.1 Å². The van der Waals surface area contributed by atoms with Crippen molar-refractivity contribution in [3.8, 4) is 0 Å². The first-order valence-corrected chi connectivity index (χ1v) is 6.18. The maximum atomic E-state index is 13.4. The number of carboxylic acids is 1. The van der Waals surface area contributed by atoms with Crippen LogP contribution in [0, 0.1) is 5.82 Å². The van der Waals surface area contributed by atoms with Crippen LogP contribution in [0.2, 0.25) is 5.02 Å². The predicted molar refractivity (Wildman–Crippen MR) is 66.6 cm³/mol. The van der Waals surface area contributed by atoms with Crippen molar-refractivity contribution >= 4 is 28.5 Å². The molecule has 1 aromatic heterocycles. The third-order valence-corrected chi connectivity index (χ3v) is 3.84. The van der Waals surface area contributed by atoms with E-state index in [1.807, 2.05) is 0 Å². The molecule has 0 radical (unpaired) electrons. The van der Waals surface area contributed by atoms with Crippen LogP contribution in [-0.4, -0.2) is 16.1 Å². The van der Waals surface area contributed by atoms with Crippen molar-refractivity contribution in [1.82, 2.24) is 4.98 Å². The third kappa shape index (κ3) is 1.60. The molecule has 0 bridgehead atoms. The third-order valence-electron chi connectivity index (χ3n) is 3.55. The van der Waals surface area contributed by atoms with Crippen LogP contribution in [-0.2, 0) is 11.2 Å². The number of aryl methyl sites for hydroxylation is 1. The molecule has 0 spiro atoms. The maximum Gasteiger partial charge on any atom is 0.312 e. The lowest BCUT2D eigenvalue weighted by Gasteiger charge is -2.18. The van der Waals surface area contributed by atoms with E-state index >= 15 is 0 Å². The summed E-state index contributed by atoms with van der Waals surface area (Å²) in [5.74, 6) is -1.85. The van der Waals surface area contributed by atoms with Gasteiger partial charge in [0.15, 0.2) is 0 Å². The molecule has 2 N–H and O–H groups in total. The second-order valence-corrected chi connectivity index (χ2v) is 5.02. The highest BCUT2D eigenvalue weighted by Gasteiger charge is 2.29. The first-order valence-electron chi connectivity index (χ1n) is 5.80. The van der Waals surface area contributed by atoms with Crippen molar-refractivity contribution in [3.63, 3.8) is 0 Å². The number of H-pyrrole nitrogens is 1. The Bertz CT molecular complexity index is 650. The van der Waals surface area contributed by atoms with Crippen LogP contribution in [0.4, 0.5) is 4.39 Å². The summed E-state index contributed by atoms with van der Waals surface area (Å²) in [6, 6.07) is 2.90. The van der Waals surface area contributed by atoms with E-state index in [4.69, 9.17) is 11.6 Å². The minimum Gasteiger partial charge on any atom is -0.481 e. The molecule has 3 rings (SSSR count). The average Bonchev–Trinajstić information content (AvgIpc) is 2.67. The van der Waals surface area contributed by atoms with Crippen molar-refractivity contribution in [2.75, 3.05) is 0 Å². The van der Waals surface area contributed by atoms with E-state index in [0.717, 1.165) is 23.8 Å². The van der Waals surface area contributed by atoms with Gasteiger partial charge in [0.25, 0.3) is 0 Å². The molecule has 94 valence electrons. The first kappa shape index (κ1) is 11.5. The number of aliphatic carboxylic acids is 1. The van der Waals surface area contributed by atoms with Gasteiger partial charge in [0.05, 0.1) is 10.9 Å². The molecule has 3 nitrogen and oxygen atoms in total. The smallest absolute Gasteiger partial charge is 0.312 e. The number of rotatable bonds is 1. The molecule has 1 unspecified atom stereocenters. The molecule has 18 heavy (non-hydrogen) atoms. The number of halogens is 2. The van der Waals surface area contributed by atoms with Gasteiger partial charge in [-0.3, -0.25) is 4.79 Å². The predicted octanol–water partition coefficient (Wildman–Crippen LogP) is 3.46. The number of nitrogens with one attached hydrogen (secondary N) is 1. The normalized spacial score (nSPS) is 18.9. The maximum absolute atomic E-state index is 13.4. The summed E-state index contributed by atoms with van der Waals surface area (Å²) >= 11 is 5.78. The van der Waals surface area contributed by atoms with Crippen molar-refractivity contribution in [3.05, 3.63) is 34.2 Å². The molecule has 0 fully saturated rings. The Morgan fingerprint density at radius 2 is 2.28 bits per heavy atom. The molecule has 5 heteroatoms. The number of aromatic nitrogens is 1. The minimum absolute atomic E-state index is 0.0711. The minimum atomic E-state index is -0.839. The van der Waals surface area contributed by atoms with Crippen LogP contribution in [0.3, 0.4) is 0 Å². The molecule has 0 saturated heterocycles. The van der Waals surface area contributed by atoms with E-state index in [1.54, 1.807) is 6.07 Å². The van der Waals surface area contributed by atoms with E-state index in [-0.39, 0.29) is 5.02 Å². The van der Waals surface area contributed by atoms with Gasteiger partial charge < -0.3 is 10.1 Å². The average molecular weight is 268 g/mol. The van der Waals surface area contributed by atoms with Crippen LogP contribution < -0.4 is 0 Å². The second kappa shape index (κ2) is 3.99. The monoisotopic (exact) mass is 267 g/mol. The summed E-state index contributed by atoms with van der Waals surface area (Å²) < 4.78 is 13.4. The second-order valence-electron chi connectivity index (χ2n) is 4.61. The highest BCUT2D eigenvalue weighted by Crippen LogP contribution is 2.37. The van der Waals surface area contributed by atoms with Gasteiger partial charge in [-0.2, -0.15) is 0 Å². The quantitative estimate of drug-likeness (QED) is 0.831.